The van der Waals surface area contributed by atoms with Gasteiger partial charge >= 0.3 is 23.9 Å². The topological polar surface area (TPSA) is 118 Å². The van der Waals surface area contributed by atoms with Crippen molar-refractivity contribution in [3.05, 3.63) is 0 Å². The third-order valence-electron chi connectivity index (χ3n) is 23.3. The molecule has 0 aliphatic carbocycles. The minimum Gasteiger partial charge on any atom is -0.481 e. The van der Waals surface area contributed by atoms with E-state index >= 15 is 19.2 Å². The van der Waals surface area contributed by atoms with Crippen LogP contribution in [0.25, 0.3) is 0 Å². The van der Waals surface area contributed by atoms with Crippen LogP contribution in [-0.4, -0.2) is 34.1 Å². The zero-order chi connectivity index (χ0) is 69.9. The van der Waals surface area contributed by atoms with Crippen LogP contribution in [0.5, 0.6) is 0 Å². The third-order valence-corrected chi connectivity index (χ3v) is 23.3. The Hall–Kier alpha value is -1.92. The summed E-state index contributed by atoms with van der Waals surface area (Å²) in [5.74, 6) is -2.96. The lowest BCUT2D eigenvalue weighted by Crippen LogP contribution is -2.57. The summed E-state index contributed by atoms with van der Waals surface area (Å²) in [5.41, 5.74) is -5.72. The summed E-state index contributed by atoms with van der Waals surface area (Å²) in [6, 6.07) is 0. The fourth-order valence-corrected chi connectivity index (χ4v) is 16.8. The number of carbonyl (C=O) groups is 4. The van der Waals surface area contributed by atoms with Gasteiger partial charge in [-0.1, -0.05) is 466 Å². The number of ether oxygens (including phenoxy) is 1. The van der Waals surface area contributed by atoms with Crippen molar-refractivity contribution in [2.45, 2.75) is 518 Å². The average Bonchev–Trinajstić information content (AvgIpc) is 0.743. The number of unbranched alkanes of at least 4 members (excludes halogenated alkanes) is 56. The molecule has 0 fully saturated rings. The van der Waals surface area contributed by atoms with Gasteiger partial charge in [-0.25, -0.2) is 0 Å². The molecule has 0 saturated heterocycles. The average molecular weight is 1340 g/mol. The second-order valence-electron chi connectivity index (χ2n) is 31.4. The zero-order valence-electron chi connectivity index (χ0n) is 65.8. The molecule has 0 bridgehead atoms. The Morgan fingerprint density at radius 1 is 0.179 bits per heavy atom. The molecule has 0 amide bonds. The van der Waals surface area contributed by atoms with Gasteiger partial charge < -0.3 is 14.9 Å². The van der Waals surface area contributed by atoms with Crippen LogP contribution in [0, 0.1) is 21.7 Å². The summed E-state index contributed by atoms with van der Waals surface area (Å²) in [5, 5.41) is 25.1. The van der Waals surface area contributed by atoms with Crippen LogP contribution in [0.3, 0.4) is 0 Å². The first-order valence-corrected chi connectivity index (χ1v) is 43.7. The van der Waals surface area contributed by atoms with Crippen LogP contribution >= 0.6 is 0 Å². The highest BCUT2D eigenvalue weighted by molar-refractivity contribution is 5.97. The number of carboxylic acid groups (broad SMARTS) is 2. The Morgan fingerprint density at radius 3 is 0.400 bits per heavy atom. The van der Waals surface area contributed by atoms with Crippen LogP contribution in [0.2, 0.25) is 0 Å². The normalized spacial score (nSPS) is 12.3. The van der Waals surface area contributed by atoms with Crippen LogP contribution in [0.4, 0.5) is 0 Å². The molecule has 0 aliphatic rings. The largest absolute Gasteiger partial charge is 0.481 e. The molecule has 95 heavy (non-hydrogen) atoms. The number of aliphatic carboxylic acids is 2. The van der Waals surface area contributed by atoms with Gasteiger partial charge in [0.25, 0.3) is 0 Å². The van der Waals surface area contributed by atoms with Crippen molar-refractivity contribution in [3.8, 4) is 0 Å². The van der Waals surface area contributed by atoms with Gasteiger partial charge in [0.1, 0.15) is 0 Å². The van der Waals surface area contributed by atoms with E-state index in [0.29, 0.717) is 51.4 Å². The first-order valence-electron chi connectivity index (χ1n) is 43.7. The monoisotopic (exact) mass is 1340 g/mol. The number of carboxylic acids is 2. The lowest BCUT2D eigenvalue weighted by Gasteiger charge is -2.49. The van der Waals surface area contributed by atoms with Crippen molar-refractivity contribution in [1.82, 2.24) is 0 Å². The van der Waals surface area contributed by atoms with E-state index in [9.17, 15) is 10.2 Å². The van der Waals surface area contributed by atoms with E-state index in [-0.39, 0.29) is 0 Å². The molecule has 0 atom stereocenters. The Labute approximate surface area is 594 Å². The molecule has 0 unspecified atom stereocenters. The van der Waals surface area contributed by atoms with Crippen molar-refractivity contribution >= 4 is 23.9 Å². The highest BCUT2D eigenvalue weighted by Gasteiger charge is 2.64. The molecule has 0 heterocycles. The van der Waals surface area contributed by atoms with Gasteiger partial charge in [0, 0.05) is 0 Å². The molecule has 564 valence electrons. The van der Waals surface area contributed by atoms with Crippen molar-refractivity contribution in [3.63, 3.8) is 0 Å². The summed E-state index contributed by atoms with van der Waals surface area (Å²) >= 11 is 0. The highest BCUT2D eigenvalue weighted by atomic mass is 16.6. The second kappa shape index (κ2) is 66.6. The third kappa shape index (κ3) is 42.8. The van der Waals surface area contributed by atoms with Gasteiger partial charge in [0.05, 0.1) is 21.7 Å². The van der Waals surface area contributed by atoms with Gasteiger partial charge in [-0.3, -0.25) is 19.2 Å². The van der Waals surface area contributed by atoms with Gasteiger partial charge in [0.15, 0.2) is 0 Å². The molecule has 0 aliphatic heterocycles. The zero-order valence-corrected chi connectivity index (χ0v) is 65.8. The molecule has 0 rings (SSSR count). The van der Waals surface area contributed by atoms with Crippen LogP contribution < -0.4 is 0 Å². The Kier molecular flexibility index (Phi) is 65.3. The smallest absolute Gasteiger partial charge is 0.320 e. The maximum atomic E-state index is 17.1. The van der Waals surface area contributed by atoms with E-state index < -0.39 is 45.5 Å². The molecular formula is C88H170O7. The van der Waals surface area contributed by atoms with E-state index in [4.69, 9.17) is 4.74 Å². The van der Waals surface area contributed by atoms with E-state index in [1.165, 1.54) is 205 Å². The maximum absolute atomic E-state index is 17.1. The van der Waals surface area contributed by atoms with E-state index in [1.807, 2.05) is 0 Å². The minimum absolute atomic E-state index is 0.397. The van der Waals surface area contributed by atoms with E-state index in [2.05, 4.69) is 55.4 Å². The quantitative estimate of drug-likeness (QED) is 0.0354. The van der Waals surface area contributed by atoms with E-state index in [1.54, 1.807) is 0 Å². The molecule has 7 heteroatoms. The lowest BCUT2D eigenvalue weighted by molar-refractivity contribution is -0.198. The van der Waals surface area contributed by atoms with Crippen LogP contribution in [0.15, 0.2) is 0 Å². The van der Waals surface area contributed by atoms with Gasteiger partial charge in [-0.2, -0.15) is 0 Å². The van der Waals surface area contributed by atoms with Gasteiger partial charge in [-0.15, -0.1) is 0 Å². The fraction of sp³-hybridized carbons (Fsp3) is 0.955. The summed E-state index contributed by atoms with van der Waals surface area (Å²) < 4.78 is 7.11. The Balaban J connectivity index is 8.85. The molecule has 0 aromatic carbocycles. The summed E-state index contributed by atoms with van der Waals surface area (Å²) in [6.45, 7) is 18.1. The highest BCUT2D eigenvalue weighted by Crippen LogP contribution is 2.58. The molecule has 0 aromatic heterocycles. The summed E-state index contributed by atoms with van der Waals surface area (Å²) in [4.78, 5) is 64.8. The van der Waals surface area contributed by atoms with Gasteiger partial charge in [0.2, 0.25) is 0 Å². The fourth-order valence-electron chi connectivity index (χ4n) is 16.8. The summed E-state index contributed by atoms with van der Waals surface area (Å²) in [6.07, 6.45) is 72.7. The molecule has 0 radical (unpaired) electrons. The van der Waals surface area contributed by atoms with Crippen molar-refractivity contribution < 1.29 is 34.1 Å². The minimum atomic E-state index is -1.44. The number of esters is 2. The standard InChI is InChI=1S/C88H170O7/c1-9-17-25-33-41-49-57-65-73-85(81(89)90,74-66-58-50-42-34-26-18-10-2)87(77-69-61-53-45-37-29-21-13-5,78-70-62-54-46-38-30-22-14-6)83(93)95-84(94)88(79-71-63-55-47-39-31-23-15-7,80-72-64-56-48-40-32-24-16-8)86(82(91)92,75-67-59-51-43-35-27-19-11-3)76-68-60-52-44-36-28-20-12-4/h9-80H2,1-8H3,(H,89,90)(H,91,92). The summed E-state index contributed by atoms with van der Waals surface area (Å²) in [7, 11) is 0. The Morgan fingerprint density at radius 2 is 0.284 bits per heavy atom. The SMILES string of the molecule is CCCCCCCCCCC(CCCCCCCCCC)(C(=O)O)C(CCCCCCCCCC)(CCCCCCCCCC)C(=O)OC(=O)C(CCCCCCCCCC)(CCCCCCCCCC)C(CCCCCCCCCC)(CCCCCCCCCC)C(=O)O. The lowest BCUT2D eigenvalue weighted by atomic mass is 9.54. The van der Waals surface area contributed by atoms with Crippen molar-refractivity contribution in [2.24, 2.45) is 21.7 Å². The van der Waals surface area contributed by atoms with Crippen molar-refractivity contribution in [2.75, 3.05) is 0 Å². The van der Waals surface area contributed by atoms with Crippen LogP contribution in [-0.2, 0) is 23.9 Å². The number of hydrogen-bond acceptors (Lipinski definition) is 5. The van der Waals surface area contributed by atoms with E-state index in [0.717, 1.165) is 205 Å². The molecule has 0 spiro atoms. The molecular weight excluding hydrogens is 1170 g/mol. The molecule has 2 N–H and O–H groups in total. The molecule has 0 aromatic rings. The first-order chi connectivity index (χ1) is 46.4. The number of rotatable bonds is 78. The predicted octanol–water partition coefficient (Wildman–Crippen LogP) is 30.4. The molecule has 0 saturated carbocycles. The Bertz CT molecular complexity index is 1490. The second-order valence-corrected chi connectivity index (χ2v) is 31.4. The predicted molar refractivity (Wildman–Crippen MR) is 414 cm³/mol. The first kappa shape index (κ1) is 93.1. The van der Waals surface area contributed by atoms with Gasteiger partial charge in [-0.05, 0) is 51.4 Å². The number of carbonyl (C=O) groups excluding carboxylic acids is 2. The number of hydrogen-bond donors (Lipinski definition) is 2. The van der Waals surface area contributed by atoms with Crippen molar-refractivity contribution in [1.29, 1.82) is 0 Å². The maximum Gasteiger partial charge on any atom is 0.320 e. The van der Waals surface area contributed by atoms with Crippen LogP contribution in [0.1, 0.15) is 518 Å². The molecule has 7 nitrogen and oxygen atoms in total.